The molecule has 0 aliphatic carbocycles. The lowest BCUT2D eigenvalue weighted by molar-refractivity contribution is 0.252. The van der Waals surface area contributed by atoms with Crippen molar-refractivity contribution in [1.29, 1.82) is 0 Å². The van der Waals surface area contributed by atoms with E-state index < -0.39 is 11.3 Å². The monoisotopic (exact) mass is 167 g/mol. The minimum absolute atomic E-state index is 0.0771. The Labute approximate surface area is 63.3 Å². The van der Waals surface area contributed by atoms with Gasteiger partial charge < -0.3 is 5.11 Å². The second-order valence-corrected chi connectivity index (χ2v) is 2.86. The molecule has 0 aromatic heterocycles. The molecule has 0 aromatic rings. The van der Waals surface area contributed by atoms with Crippen molar-refractivity contribution in [1.82, 2.24) is 4.31 Å². The van der Waals surface area contributed by atoms with E-state index in [1.54, 1.807) is 0 Å². The fraction of sp³-hybridized carbons (Fsp3) is 1.00. The summed E-state index contributed by atoms with van der Waals surface area (Å²) >= 11 is -1.93. The Morgan fingerprint density at radius 2 is 2.10 bits per heavy atom. The van der Waals surface area contributed by atoms with E-state index >= 15 is 0 Å². The molecule has 0 fully saturated rings. The summed E-state index contributed by atoms with van der Waals surface area (Å²) < 4.78 is 20.3. The predicted octanol–water partition coefficient (Wildman–Crippen LogP) is -0.173. The lowest BCUT2D eigenvalue weighted by Crippen LogP contribution is -2.29. The number of hydrogen-bond acceptors (Lipinski definition) is 2. The van der Waals surface area contributed by atoms with Crippen LogP contribution in [0.25, 0.3) is 0 Å². The van der Waals surface area contributed by atoms with Gasteiger partial charge in [-0.3, -0.25) is 4.55 Å². The van der Waals surface area contributed by atoms with Crippen LogP contribution in [0.2, 0.25) is 0 Å². The van der Waals surface area contributed by atoms with Crippen molar-refractivity contribution in [2.24, 2.45) is 0 Å². The van der Waals surface area contributed by atoms with Crippen LogP contribution < -0.4 is 0 Å². The van der Waals surface area contributed by atoms with E-state index in [9.17, 15) is 4.21 Å². The molecule has 0 radical (unpaired) electrons. The molecule has 1 unspecified atom stereocenters. The zero-order chi connectivity index (χ0) is 7.98. The fourth-order valence-electron chi connectivity index (χ4n) is 0.629. The molecule has 4 nitrogen and oxygen atoms in total. The van der Waals surface area contributed by atoms with E-state index in [4.69, 9.17) is 9.66 Å². The fourth-order valence-corrected chi connectivity index (χ4v) is 1.21. The second kappa shape index (κ2) is 5.79. The molecular formula is C5H13NO3S. The van der Waals surface area contributed by atoms with Crippen LogP contribution in [0, 0.1) is 0 Å². The largest absolute Gasteiger partial charge is 0.395 e. The minimum atomic E-state index is -1.93. The highest BCUT2D eigenvalue weighted by atomic mass is 32.2. The van der Waals surface area contributed by atoms with Crippen LogP contribution in [-0.4, -0.2) is 37.9 Å². The molecule has 62 valence electrons. The molecule has 5 heteroatoms. The molecule has 0 aliphatic heterocycles. The van der Waals surface area contributed by atoms with E-state index in [0.29, 0.717) is 6.54 Å². The molecule has 0 bridgehead atoms. The van der Waals surface area contributed by atoms with Gasteiger partial charge >= 0.3 is 0 Å². The van der Waals surface area contributed by atoms with E-state index in [1.165, 1.54) is 4.31 Å². The molecule has 10 heavy (non-hydrogen) atoms. The standard InChI is InChI=1S/C5H13NO3S/c1-2-3-6(4-5-7)10(8)9/h7H,2-5H2,1H3,(H,8,9). The Morgan fingerprint density at radius 1 is 1.50 bits per heavy atom. The second-order valence-electron chi connectivity index (χ2n) is 1.88. The Kier molecular flexibility index (Phi) is 5.81. The van der Waals surface area contributed by atoms with Gasteiger partial charge in [-0.25, -0.2) is 4.21 Å². The van der Waals surface area contributed by atoms with Gasteiger partial charge in [-0.2, -0.15) is 4.31 Å². The third-order valence-electron chi connectivity index (χ3n) is 1.04. The van der Waals surface area contributed by atoms with Gasteiger partial charge in [0.05, 0.1) is 6.61 Å². The number of rotatable bonds is 5. The highest BCUT2D eigenvalue weighted by Gasteiger charge is 2.07. The summed E-state index contributed by atoms with van der Waals surface area (Å²) in [6, 6.07) is 0. The Balaban J connectivity index is 3.61. The Hall–Kier alpha value is 0.0300. The van der Waals surface area contributed by atoms with Crippen molar-refractivity contribution in [2.75, 3.05) is 19.7 Å². The van der Waals surface area contributed by atoms with Gasteiger partial charge in [0.25, 0.3) is 0 Å². The first-order valence-electron chi connectivity index (χ1n) is 3.19. The molecule has 2 N–H and O–H groups in total. The SMILES string of the molecule is CCCN(CCO)S(=O)O. The summed E-state index contributed by atoms with van der Waals surface area (Å²) in [5.41, 5.74) is 0. The molecule has 0 aliphatic rings. The van der Waals surface area contributed by atoms with Crippen molar-refractivity contribution in [3.05, 3.63) is 0 Å². The van der Waals surface area contributed by atoms with Crippen LogP contribution >= 0.6 is 0 Å². The van der Waals surface area contributed by atoms with Gasteiger partial charge in [0.2, 0.25) is 11.3 Å². The molecule has 0 saturated carbocycles. The summed E-state index contributed by atoms with van der Waals surface area (Å²) in [5, 5.41) is 8.42. The van der Waals surface area contributed by atoms with Gasteiger partial charge in [-0.15, -0.1) is 0 Å². The lowest BCUT2D eigenvalue weighted by atomic mass is 10.5. The van der Waals surface area contributed by atoms with Gasteiger partial charge in [0, 0.05) is 13.1 Å². The van der Waals surface area contributed by atoms with Crippen LogP contribution in [0.4, 0.5) is 0 Å². The lowest BCUT2D eigenvalue weighted by Gasteiger charge is -2.13. The highest BCUT2D eigenvalue weighted by molar-refractivity contribution is 7.76. The van der Waals surface area contributed by atoms with Gasteiger partial charge in [-0.1, -0.05) is 6.92 Å². The quantitative estimate of drug-likeness (QED) is 0.559. The first-order valence-corrected chi connectivity index (χ1v) is 4.25. The van der Waals surface area contributed by atoms with E-state index in [0.717, 1.165) is 6.42 Å². The maximum atomic E-state index is 10.4. The first-order chi connectivity index (χ1) is 4.72. The molecule has 1 atom stereocenters. The van der Waals surface area contributed by atoms with E-state index in [-0.39, 0.29) is 13.2 Å². The molecule has 0 aromatic carbocycles. The minimum Gasteiger partial charge on any atom is -0.395 e. The number of aliphatic hydroxyl groups is 1. The Morgan fingerprint density at radius 3 is 2.40 bits per heavy atom. The zero-order valence-electron chi connectivity index (χ0n) is 5.99. The Bertz CT molecular complexity index is 103. The van der Waals surface area contributed by atoms with E-state index in [1.807, 2.05) is 6.92 Å². The zero-order valence-corrected chi connectivity index (χ0v) is 6.80. The van der Waals surface area contributed by atoms with Crippen molar-refractivity contribution in [3.63, 3.8) is 0 Å². The summed E-state index contributed by atoms with van der Waals surface area (Å²) in [5.74, 6) is 0. The van der Waals surface area contributed by atoms with Crippen LogP contribution in [0.5, 0.6) is 0 Å². The maximum absolute atomic E-state index is 10.4. The third-order valence-corrected chi connectivity index (χ3v) is 1.85. The van der Waals surface area contributed by atoms with Crippen molar-refractivity contribution in [2.45, 2.75) is 13.3 Å². The summed E-state index contributed by atoms with van der Waals surface area (Å²) in [4.78, 5) is 0. The van der Waals surface area contributed by atoms with Gasteiger partial charge in [0.15, 0.2) is 0 Å². The van der Waals surface area contributed by atoms with Crippen LogP contribution in [0.3, 0.4) is 0 Å². The van der Waals surface area contributed by atoms with Crippen LogP contribution in [0.1, 0.15) is 13.3 Å². The average Bonchev–Trinajstić information content (AvgIpc) is 1.87. The van der Waals surface area contributed by atoms with Crippen molar-refractivity contribution in [3.8, 4) is 0 Å². The molecule has 0 spiro atoms. The van der Waals surface area contributed by atoms with Gasteiger partial charge in [-0.05, 0) is 6.42 Å². The van der Waals surface area contributed by atoms with Crippen LogP contribution in [-0.2, 0) is 11.3 Å². The predicted molar refractivity (Wildman–Crippen MR) is 39.7 cm³/mol. The average molecular weight is 167 g/mol. The first kappa shape index (κ1) is 10.0. The summed E-state index contributed by atoms with van der Waals surface area (Å²) in [6.45, 7) is 2.64. The number of hydrogen-bond donors (Lipinski definition) is 2. The van der Waals surface area contributed by atoms with Crippen molar-refractivity contribution < 1.29 is 13.9 Å². The molecule has 0 saturated heterocycles. The molecule has 0 rings (SSSR count). The molecule has 0 heterocycles. The normalized spacial score (nSPS) is 14.0. The summed E-state index contributed by atoms with van der Waals surface area (Å²) in [7, 11) is 0. The highest BCUT2D eigenvalue weighted by Crippen LogP contribution is 1.92. The van der Waals surface area contributed by atoms with Gasteiger partial charge in [0.1, 0.15) is 0 Å². The number of nitrogens with zero attached hydrogens (tertiary/aromatic N) is 1. The van der Waals surface area contributed by atoms with E-state index in [2.05, 4.69) is 0 Å². The molecular weight excluding hydrogens is 154 g/mol. The topological polar surface area (TPSA) is 60.8 Å². The summed E-state index contributed by atoms with van der Waals surface area (Å²) in [6.07, 6.45) is 0.812. The maximum Gasteiger partial charge on any atom is 0.234 e. The smallest absolute Gasteiger partial charge is 0.234 e. The molecule has 0 amide bonds. The third kappa shape index (κ3) is 3.94. The van der Waals surface area contributed by atoms with Crippen LogP contribution in [0.15, 0.2) is 0 Å². The number of aliphatic hydroxyl groups excluding tert-OH is 1. The van der Waals surface area contributed by atoms with Crippen molar-refractivity contribution >= 4 is 11.3 Å².